The number of likely N-dealkylation sites (N-methyl/N-ethyl adjacent to an activating group) is 1. The topological polar surface area (TPSA) is 61.0 Å². The Labute approximate surface area is 122 Å². The molecule has 3 rings (SSSR count). The van der Waals surface area contributed by atoms with Crippen molar-refractivity contribution < 1.29 is 0 Å². The van der Waals surface area contributed by atoms with Crippen LogP contribution in [0.2, 0.25) is 0 Å². The van der Waals surface area contributed by atoms with Gasteiger partial charge in [0, 0.05) is 18.6 Å². The molecule has 1 atom stereocenters. The van der Waals surface area contributed by atoms with Gasteiger partial charge < -0.3 is 10.3 Å². The fourth-order valence-electron chi connectivity index (χ4n) is 2.39. The summed E-state index contributed by atoms with van der Waals surface area (Å²) in [4.78, 5) is 21.6. The van der Waals surface area contributed by atoms with E-state index in [1.807, 2.05) is 11.4 Å². The molecule has 1 unspecified atom stereocenters. The highest BCUT2D eigenvalue weighted by molar-refractivity contribution is 7.17. The summed E-state index contributed by atoms with van der Waals surface area (Å²) in [6.45, 7) is 3.73. The molecule has 1 aliphatic carbocycles. The van der Waals surface area contributed by atoms with E-state index >= 15 is 0 Å². The molecule has 0 saturated heterocycles. The molecule has 0 spiro atoms. The van der Waals surface area contributed by atoms with Crippen molar-refractivity contribution in [3.05, 3.63) is 27.6 Å². The predicted octanol–water partition coefficient (Wildman–Crippen LogP) is 1.56. The predicted molar refractivity (Wildman–Crippen MR) is 82.2 cm³/mol. The number of thiophene rings is 1. The van der Waals surface area contributed by atoms with Crippen molar-refractivity contribution in [2.45, 2.75) is 38.4 Å². The highest BCUT2D eigenvalue weighted by Gasteiger charge is 2.28. The lowest BCUT2D eigenvalue weighted by Crippen LogP contribution is -2.39. The third-order valence-corrected chi connectivity index (χ3v) is 4.82. The Morgan fingerprint density at radius 3 is 3.15 bits per heavy atom. The molecule has 108 valence electrons. The minimum atomic E-state index is -0.0371. The Balaban J connectivity index is 1.58. The molecule has 0 bridgehead atoms. The summed E-state index contributed by atoms with van der Waals surface area (Å²) < 4.78 is 0.704. The first-order chi connectivity index (χ1) is 9.65. The first-order valence-electron chi connectivity index (χ1n) is 7.04. The number of hydrogen-bond acceptors (Lipinski definition) is 5. The number of nitrogens with zero attached hydrogens (tertiary/aromatic N) is 2. The largest absolute Gasteiger partial charge is 0.308 e. The maximum Gasteiger partial charge on any atom is 0.268 e. The van der Waals surface area contributed by atoms with Gasteiger partial charge in [-0.3, -0.25) is 9.69 Å². The van der Waals surface area contributed by atoms with Crippen LogP contribution in [0.25, 0.3) is 10.2 Å². The van der Waals surface area contributed by atoms with Gasteiger partial charge in [0.05, 0.1) is 12.1 Å². The summed E-state index contributed by atoms with van der Waals surface area (Å²) in [5, 5.41) is 5.28. The molecule has 5 nitrogen and oxygen atoms in total. The average Bonchev–Trinajstić information content (AvgIpc) is 3.16. The first-order valence-corrected chi connectivity index (χ1v) is 7.92. The molecular weight excluding hydrogens is 272 g/mol. The Morgan fingerprint density at radius 2 is 2.40 bits per heavy atom. The van der Waals surface area contributed by atoms with Gasteiger partial charge in [-0.1, -0.05) is 0 Å². The molecule has 2 aromatic heterocycles. The lowest BCUT2D eigenvalue weighted by Gasteiger charge is -2.24. The van der Waals surface area contributed by atoms with Crippen molar-refractivity contribution in [2.24, 2.45) is 0 Å². The quantitative estimate of drug-likeness (QED) is 0.848. The summed E-state index contributed by atoms with van der Waals surface area (Å²) in [6.07, 6.45) is 2.65. The van der Waals surface area contributed by atoms with Gasteiger partial charge in [0.1, 0.15) is 10.5 Å². The Hall–Kier alpha value is -1.24. The van der Waals surface area contributed by atoms with Crippen LogP contribution in [-0.2, 0) is 6.54 Å². The average molecular weight is 292 g/mol. The second-order valence-corrected chi connectivity index (χ2v) is 6.44. The van der Waals surface area contributed by atoms with Crippen LogP contribution >= 0.6 is 11.3 Å². The van der Waals surface area contributed by atoms with Gasteiger partial charge in [0.15, 0.2) is 0 Å². The van der Waals surface area contributed by atoms with Crippen molar-refractivity contribution in [2.75, 3.05) is 13.6 Å². The zero-order valence-electron chi connectivity index (χ0n) is 11.8. The standard InChI is InChI=1S/C14H20N4OS/c1-9(18(2)10-3-4-10)7-15-8-12-16-11-5-6-20-13(11)14(19)17-12/h5-6,9-10,15H,3-4,7-8H2,1-2H3,(H,16,17,19). The Kier molecular flexibility index (Phi) is 3.87. The van der Waals surface area contributed by atoms with E-state index in [1.165, 1.54) is 24.2 Å². The summed E-state index contributed by atoms with van der Waals surface area (Å²) in [6, 6.07) is 3.16. The molecule has 0 radical (unpaired) electrons. The summed E-state index contributed by atoms with van der Waals surface area (Å²) in [7, 11) is 2.18. The Bertz CT molecular complexity index is 646. The number of aromatic nitrogens is 2. The van der Waals surface area contributed by atoms with Crippen molar-refractivity contribution in [1.29, 1.82) is 0 Å². The van der Waals surface area contributed by atoms with Gasteiger partial charge >= 0.3 is 0 Å². The molecule has 2 N–H and O–H groups in total. The summed E-state index contributed by atoms with van der Waals surface area (Å²) in [5.74, 6) is 0.710. The summed E-state index contributed by atoms with van der Waals surface area (Å²) >= 11 is 1.43. The molecule has 0 aliphatic heterocycles. The van der Waals surface area contributed by atoms with Crippen molar-refractivity contribution in [1.82, 2.24) is 20.2 Å². The highest BCUT2D eigenvalue weighted by atomic mass is 32.1. The normalized spacial score (nSPS) is 16.9. The van der Waals surface area contributed by atoms with Crippen LogP contribution in [0, 0.1) is 0 Å². The van der Waals surface area contributed by atoms with Crippen molar-refractivity contribution in [3.63, 3.8) is 0 Å². The van der Waals surface area contributed by atoms with Crippen LogP contribution in [0.3, 0.4) is 0 Å². The van der Waals surface area contributed by atoms with Gasteiger partial charge in [-0.2, -0.15) is 0 Å². The molecular formula is C14H20N4OS. The molecule has 2 aromatic rings. The minimum Gasteiger partial charge on any atom is -0.308 e. The van der Waals surface area contributed by atoms with Gasteiger partial charge in [-0.15, -0.1) is 11.3 Å². The Morgan fingerprint density at radius 1 is 1.60 bits per heavy atom. The van der Waals surface area contributed by atoms with E-state index in [-0.39, 0.29) is 5.56 Å². The first kappa shape index (κ1) is 13.7. The third kappa shape index (κ3) is 2.92. The second-order valence-electron chi connectivity index (χ2n) is 5.52. The third-order valence-electron chi connectivity index (χ3n) is 3.91. The molecule has 1 aliphatic rings. The molecule has 0 aromatic carbocycles. The van der Waals surface area contributed by atoms with Crippen LogP contribution in [-0.4, -0.2) is 40.5 Å². The van der Waals surface area contributed by atoms with Gasteiger partial charge in [-0.05, 0) is 38.3 Å². The monoisotopic (exact) mass is 292 g/mol. The van der Waals surface area contributed by atoms with E-state index in [0.717, 1.165) is 18.1 Å². The number of aromatic amines is 1. The lowest BCUT2D eigenvalue weighted by molar-refractivity contribution is 0.240. The molecule has 20 heavy (non-hydrogen) atoms. The van der Waals surface area contributed by atoms with Crippen molar-refractivity contribution >= 4 is 21.6 Å². The minimum absolute atomic E-state index is 0.0371. The van der Waals surface area contributed by atoms with E-state index < -0.39 is 0 Å². The molecule has 2 heterocycles. The van der Waals surface area contributed by atoms with Gasteiger partial charge in [0.2, 0.25) is 0 Å². The maximum absolute atomic E-state index is 11.8. The smallest absolute Gasteiger partial charge is 0.268 e. The zero-order chi connectivity index (χ0) is 14.1. The lowest BCUT2D eigenvalue weighted by atomic mass is 10.3. The maximum atomic E-state index is 11.8. The van der Waals surface area contributed by atoms with E-state index in [9.17, 15) is 4.79 Å². The molecule has 1 fully saturated rings. The van der Waals surface area contributed by atoms with E-state index in [4.69, 9.17) is 0 Å². The summed E-state index contributed by atoms with van der Waals surface area (Å²) in [5.41, 5.74) is 0.753. The fraction of sp³-hybridized carbons (Fsp3) is 0.571. The van der Waals surface area contributed by atoms with Crippen LogP contribution in [0.15, 0.2) is 16.2 Å². The molecule has 6 heteroatoms. The van der Waals surface area contributed by atoms with Crippen LogP contribution < -0.4 is 10.9 Å². The molecule has 1 saturated carbocycles. The molecule has 0 amide bonds. The van der Waals surface area contributed by atoms with E-state index in [0.29, 0.717) is 23.1 Å². The number of hydrogen-bond donors (Lipinski definition) is 2. The van der Waals surface area contributed by atoms with Crippen LogP contribution in [0.1, 0.15) is 25.6 Å². The number of rotatable bonds is 6. The van der Waals surface area contributed by atoms with Crippen LogP contribution in [0.4, 0.5) is 0 Å². The van der Waals surface area contributed by atoms with Gasteiger partial charge in [0.25, 0.3) is 5.56 Å². The van der Waals surface area contributed by atoms with E-state index in [1.54, 1.807) is 0 Å². The number of fused-ring (bicyclic) bond motifs is 1. The highest BCUT2D eigenvalue weighted by Crippen LogP contribution is 2.26. The van der Waals surface area contributed by atoms with Gasteiger partial charge in [-0.25, -0.2) is 4.98 Å². The zero-order valence-corrected chi connectivity index (χ0v) is 12.7. The SMILES string of the molecule is CC(CNCc1nc2ccsc2c(=O)[nH]1)N(C)C1CC1. The number of nitrogens with one attached hydrogen (secondary N) is 2. The van der Waals surface area contributed by atoms with E-state index in [2.05, 4.69) is 34.2 Å². The van der Waals surface area contributed by atoms with Crippen molar-refractivity contribution in [3.8, 4) is 0 Å². The number of H-pyrrole nitrogens is 1. The van der Waals surface area contributed by atoms with Crippen LogP contribution in [0.5, 0.6) is 0 Å². The second kappa shape index (κ2) is 5.63. The fourth-order valence-corrected chi connectivity index (χ4v) is 3.12.